The van der Waals surface area contributed by atoms with Gasteiger partial charge in [0.1, 0.15) is 0 Å². The van der Waals surface area contributed by atoms with Crippen molar-refractivity contribution in [2.45, 2.75) is 71.4 Å². The molecule has 6 nitrogen and oxygen atoms in total. The Bertz CT molecular complexity index is 449. The Hall–Kier alpha value is -1.40. The minimum Gasteiger partial charge on any atom is -0.428 e. The first-order valence-electron chi connectivity index (χ1n) is 7.86. The van der Waals surface area contributed by atoms with Crippen molar-refractivity contribution in [2.75, 3.05) is 6.79 Å². The van der Waals surface area contributed by atoms with Crippen LogP contribution < -0.4 is 0 Å². The lowest BCUT2D eigenvalue weighted by Crippen LogP contribution is -2.54. The molecular formula is C16H27NO5. The number of nitrogens with zero attached hydrogens (tertiary/aromatic N) is 1. The lowest BCUT2D eigenvalue weighted by Gasteiger charge is -2.42. The van der Waals surface area contributed by atoms with Crippen molar-refractivity contribution in [3.8, 4) is 0 Å². The van der Waals surface area contributed by atoms with Crippen molar-refractivity contribution in [2.24, 2.45) is 0 Å². The second-order valence-electron chi connectivity index (χ2n) is 5.60. The van der Waals surface area contributed by atoms with Gasteiger partial charge in [0.05, 0.1) is 16.7 Å². The first-order chi connectivity index (χ1) is 10.3. The molecule has 1 N–H and O–H groups in total. The molecule has 0 aromatic carbocycles. The van der Waals surface area contributed by atoms with Crippen LogP contribution in [0.4, 0.5) is 0 Å². The van der Waals surface area contributed by atoms with E-state index in [2.05, 4.69) is 4.74 Å². The Labute approximate surface area is 132 Å². The van der Waals surface area contributed by atoms with E-state index in [1.54, 1.807) is 0 Å². The molecule has 0 radical (unpaired) electrons. The zero-order valence-corrected chi connectivity index (χ0v) is 14.1. The Morgan fingerprint density at radius 3 is 2.05 bits per heavy atom. The molecule has 1 aliphatic rings. The van der Waals surface area contributed by atoms with Crippen molar-refractivity contribution >= 4 is 11.9 Å². The van der Waals surface area contributed by atoms with E-state index >= 15 is 0 Å². The fourth-order valence-corrected chi connectivity index (χ4v) is 3.18. The molecule has 22 heavy (non-hydrogen) atoms. The SMILES string of the molecule is CCC1(CC)C=C(C(=O)OCOC(C)=O)C(CC)(CC)N1O. The first kappa shape index (κ1) is 18.6. The quantitative estimate of drug-likeness (QED) is 0.575. The predicted molar refractivity (Wildman–Crippen MR) is 81.1 cm³/mol. The van der Waals surface area contributed by atoms with Crippen LogP contribution in [0.3, 0.4) is 0 Å². The Morgan fingerprint density at radius 2 is 1.64 bits per heavy atom. The highest BCUT2D eigenvalue weighted by molar-refractivity contribution is 5.92. The van der Waals surface area contributed by atoms with Gasteiger partial charge in [-0.05, 0) is 31.8 Å². The van der Waals surface area contributed by atoms with Crippen molar-refractivity contribution in [1.29, 1.82) is 0 Å². The number of hydrogen-bond donors (Lipinski definition) is 1. The molecule has 0 aliphatic carbocycles. The van der Waals surface area contributed by atoms with E-state index in [0.29, 0.717) is 31.3 Å². The van der Waals surface area contributed by atoms with Gasteiger partial charge in [-0.25, -0.2) is 4.79 Å². The zero-order valence-electron chi connectivity index (χ0n) is 14.1. The number of carbonyl (C=O) groups excluding carboxylic acids is 2. The standard InChI is InChI=1S/C16H27NO5/c1-6-15(7-2)10-13(14(19)22-11-21-12(5)18)16(8-3,9-4)17(15)20/h10,20H,6-9,11H2,1-5H3. The van der Waals surface area contributed by atoms with Gasteiger partial charge < -0.3 is 14.7 Å². The van der Waals surface area contributed by atoms with Crippen LogP contribution in [0.15, 0.2) is 11.6 Å². The number of ether oxygens (including phenoxy) is 2. The summed E-state index contributed by atoms with van der Waals surface area (Å²) in [6.45, 7) is 8.66. The van der Waals surface area contributed by atoms with Crippen molar-refractivity contribution in [1.82, 2.24) is 5.06 Å². The monoisotopic (exact) mass is 313 g/mol. The highest BCUT2D eigenvalue weighted by Gasteiger charge is 2.54. The van der Waals surface area contributed by atoms with Gasteiger partial charge in [-0.1, -0.05) is 27.7 Å². The predicted octanol–water partition coefficient (Wildman–Crippen LogP) is 2.80. The number of hydroxylamine groups is 2. The van der Waals surface area contributed by atoms with Gasteiger partial charge in [0.2, 0.25) is 6.79 Å². The number of carbonyl (C=O) groups is 2. The van der Waals surface area contributed by atoms with Crippen molar-refractivity contribution in [3.63, 3.8) is 0 Å². The van der Waals surface area contributed by atoms with E-state index < -0.39 is 29.8 Å². The molecule has 1 heterocycles. The highest BCUT2D eigenvalue weighted by Crippen LogP contribution is 2.46. The molecule has 6 heteroatoms. The Morgan fingerprint density at radius 1 is 1.09 bits per heavy atom. The summed E-state index contributed by atoms with van der Waals surface area (Å²) in [7, 11) is 0. The molecule has 0 aromatic rings. The van der Waals surface area contributed by atoms with Gasteiger partial charge in [-0.3, -0.25) is 4.79 Å². The molecule has 0 amide bonds. The van der Waals surface area contributed by atoms with Crippen LogP contribution in [0.5, 0.6) is 0 Å². The molecule has 0 bridgehead atoms. The second-order valence-corrected chi connectivity index (χ2v) is 5.60. The third kappa shape index (κ3) is 3.03. The highest BCUT2D eigenvalue weighted by atomic mass is 16.7. The maximum atomic E-state index is 12.4. The van der Waals surface area contributed by atoms with Crippen LogP contribution in [0.25, 0.3) is 0 Å². The van der Waals surface area contributed by atoms with Gasteiger partial charge in [-0.15, -0.1) is 0 Å². The molecule has 1 rings (SSSR count). The molecule has 0 atom stereocenters. The molecule has 0 aromatic heterocycles. The topological polar surface area (TPSA) is 76.1 Å². The summed E-state index contributed by atoms with van der Waals surface area (Å²) in [6.07, 6.45) is 4.34. The largest absolute Gasteiger partial charge is 0.428 e. The summed E-state index contributed by atoms with van der Waals surface area (Å²) in [6, 6.07) is 0. The van der Waals surface area contributed by atoms with Crippen molar-refractivity contribution < 1.29 is 24.3 Å². The molecule has 0 unspecified atom stereocenters. The summed E-state index contributed by atoms with van der Waals surface area (Å²) in [5, 5.41) is 12.1. The van der Waals surface area contributed by atoms with Crippen LogP contribution >= 0.6 is 0 Å². The van der Waals surface area contributed by atoms with E-state index in [1.807, 2.05) is 33.8 Å². The third-order valence-electron chi connectivity index (χ3n) is 4.81. The molecule has 1 aliphatic heterocycles. The smallest absolute Gasteiger partial charge is 0.338 e. The van der Waals surface area contributed by atoms with Crippen LogP contribution in [0.1, 0.15) is 60.3 Å². The fraction of sp³-hybridized carbons (Fsp3) is 0.750. The number of rotatable bonds is 7. The van der Waals surface area contributed by atoms with Gasteiger partial charge in [0.25, 0.3) is 0 Å². The van der Waals surface area contributed by atoms with E-state index in [9.17, 15) is 14.8 Å². The van der Waals surface area contributed by atoms with E-state index in [-0.39, 0.29) is 0 Å². The minimum atomic E-state index is -0.765. The van der Waals surface area contributed by atoms with Crippen LogP contribution in [-0.4, -0.2) is 40.1 Å². The lowest BCUT2D eigenvalue weighted by atomic mass is 9.86. The van der Waals surface area contributed by atoms with Crippen LogP contribution in [0.2, 0.25) is 0 Å². The van der Waals surface area contributed by atoms with Gasteiger partial charge in [0.15, 0.2) is 0 Å². The summed E-state index contributed by atoms with van der Waals surface area (Å²) in [4.78, 5) is 23.2. The maximum absolute atomic E-state index is 12.4. The van der Waals surface area contributed by atoms with Gasteiger partial charge in [0, 0.05) is 6.92 Å². The van der Waals surface area contributed by atoms with Crippen LogP contribution in [-0.2, 0) is 19.1 Å². The maximum Gasteiger partial charge on any atom is 0.338 e. The van der Waals surface area contributed by atoms with E-state index in [0.717, 1.165) is 0 Å². The van der Waals surface area contributed by atoms with Gasteiger partial charge >= 0.3 is 11.9 Å². The second kappa shape index (κ2) is 7.24. The average Bonchev–Trinajstić information content (AvgIpc) is 2.76. The number of hydrogen-bond acceptors (Lipinski definition) is 6. The van der Waals surface area contributed by atoms with Crippen molar-refractivity contribution in [3.05, 3.63) is 11.6 Å². The lowest BCUT2D eigenvalue weighted by molar-refractivity contribution is -0.211. The zero-order chi connectivity index (χ0) is 17.0. The summed E-state index contributed by atoms with van der Waals surface area (Å²) in [5.74, 6) is -1.06. The molecule has 126 valence electrons. The van der Waals surface area contributed by atoms with Gasteiger partial charge in [-0.2, -0.15) is 5.06 Å². The normalized spacial score (nSPS) is 19.6. The Kier molecular flexibility index (Phi) is 6.14. The van der Waals surface area contributed by atoms with E-state index in [4.69, 9.17) is 4.74 Å². The first-order valence-corrected chi connectivity index (χ1v) is 7.86. The Balaban J connectivity index is 3.10. The molecule has 0 saturated heterocycles. The summed E-state index contributed by atoms with van der Waals surface area (Å²) >= 11 is 0. The average molecular weight is 313 g/mol. The molecule has 0 spiro atoms. The summed E-state index contributed by atoms with van der Waals surface area (Å²) in [5.41, 5.74) is -0.892. The number of esters is 2. The van der Waals surface area contributed by atoms with Crippen LogP contribution in [0, 0.1) is 0 Å². The third-order valence-corrected chi connectivity index (χ3v) is 4.81. The molecular weight excluding hydrogens is 286 g/mol. The fourth-order valence-electron chi connectivity index (χ4n) is 3.18. The molecule has 0 saturated carbocycles. The van der Waals surface area contributed by atoms with E-state index in [1.165, 1.54) is 12.0 Å². The summed E-state index contributed by atoms with van der Waals surface area (Å²) < 4.78 is 9.69. The molecule has 0 fully saturated rings. The minimum absolute atomic E-state index is 0.411.